The normalized spacial score (nSPS) is 11.1. The molecule has 1 heterocycles. The molecular formula is C13H15FN2S2. The number of rotatable bonds is 5. The summed E-state index contributed by atoms with van der Waals surface area (Å²) < 4.78 is 14.8. The third-order valence-corrected chi connectivity index (χ3v) is 4.39. The average molecular weight is 282 g/mol. The van der Waals surface area contributed by atoms with Crippen molar-refractivity contribution >= 4 is 23.1 Å². The molecule has 2 aromatic rings. The minimum absolute atomic E-state index is 0.182. The van der Waals surface area contributed by atoms with Crippen LogP contribution >= 0.6 is 23.1 Å². The van der Waals surface area contributed by atoms with Crippen LogP contribution in [0.15, 0.2) is 39.0 Å². The second kappa shape index (κ2) is 6.31. The third kappa shape index (κ3) is 3.54. The second-order valence-corrected chi connectivity index (χ2v) is 6.32. The Labute approximate surface area is 115 Å². The van der Waals surface area contributed by atoms with Crippen LogP contribution in [-0.2, 0) is 6.54 Å². The van der Waals surface area contributed by atoms with Crippen LogP contribution in [0.4, 0.5) is 4.39 Å². The Morgan fingerprint density at radius 1 is 1.44 bits per heavy atom. The first-order valence-corrected chi connectivity index (χ1v) is 7.44. The van der Waals surface area contributed by atoms with Gasteiger partial charge in [0, 0.05) is 24.2 Å². The van der Waals surface area contributed by atoms with Gasteiger partial charge in [0.25, 0.3) is 0 Å². The first-order chi connectivity index (χ1) is 8.66. The zero-order chi connectivity index (χ0) is 13.0. The molecule has 0 atom stereocenters. The van der Waals surface area contributed by atoms with Gasteiger partial charge in [-0.05, 0) is 11.6 Å². The number of halogens is 1. The Morgan fingerprint density at radius 3 is 2.94 bits per heavy atom. The predicted molar refractivity (Wildman–Crippen MR) is 74.6 cm³/mol. The molecular weight excluding hydrogens is 267 g/mol. The Balaban J connectivity index is 2.21. The lowest BCUT2D eigenvalue weighted by Crippen LogP contribution is -2.22. The van der Waals surface area contributed by atoms with E-state index in [0.717, 1.165) is 9.90 Å². The highest BCUT2D eigenvalue weighted by molar-refractivity contribution is 8.01. The summed E-state index contributed by atoms with van der Waals surface area (Å²) in [7, 11) is 0. The van der Waals surface area contributed by atoms with Crippen LogP contribution in [0.1, 0.15) is 19.4 Å². The minimum atomic E-state index is -0.182. The molecule has 0 bridgehead atoms. The summed E-state index contributed by atoms with van der Waals surface area (Å²) in [6.45, 7) is 4.82. The second-order valence-electron chi connectivity index (χ2n) is 4.16. The van der Waals surface area contributed by atoms with Crippen molar-refractivity contribution in [3.63, 3.8) is 0 Å². The molecule has 0 aliphatic carbocycles. The van der Waals surface area contributed by atoms with E-state index in [1.165, 1.54) is 29.2 Å². The number of aromatic nitrogens is 1. The monoisotopic (exact) mass is 282 g/mol. The smallest absolute Gasteiger partial charge is 0.154 e. The highest BCUT2D eigenvalue weighted by Gasteiger charge is 2.11. The summed E-state index contributed by atoms with van der Waals surface area (Å²) in [5, 5.41) is 5.21. The van der Waals surface area contributed by atoms with Gasteiger partial charge in [-0.2, -0.15) is 0 Å². The number of hydrogen-bond donors (Lipinski definition) is 1. The Kier molecular flexibility index (Phi) is 4.74. The van der Waals surface area contributed by atoms with Gasteiger partial charge in [-0.1, -0.05) is 37.7 Å². The van der Waals surface area contributed by atoms with E-state index < -0.39 is 0 Å². The van der Waals surface area contributed by atoms with Crippen molar-refractivity contribution in [2.75, 3.05) is 0 Å². The average Bonchev–Trinajstić information content (AvgIpc) is 2.82. The van der Waals surface area contributed by atoms with Crippen molar-refractivity contribution in [2.24, 2.45) is 0 Å². The maximum absolute atomic E-state index is 13.9. The minimum Gasteiger partial charge on any atom is -0.310 e. The van der Waals surface area contributed by atoms with E-state index in [4.69, 9.17) is 0 Å². The molecule has 0 aliphatic rings. The van der Waals surface area contributed by atoms with E-state index in [1.54, 1.807) is 12.3 Å². The van der Waals surface area contributed by atoms with E-state index >= 15 is 0 Å². The fourth-order valence-corrected chi connectivity index (χ4v) is 3.16. The molecule has 0 amide bonds. The molecule has 2 nitrogen and oxygen atoms in total. The summed E-state index contributed by atoms with van der Waals surface area (Å²) in [5.41, 5.74) is 0.976. The molecule has 0 fully saturated rings. The van der Waals surface area contributed by atoms with Crippen LogP contribution in [0.25, 0.3) is 0 Å². The topological polar surface area (TPSA) is 24.9 Å². The molecule has 0 saturated heterocycles. The summed E-state index contributed by atoms with van der Waals surface area (Å²) in [6.07, 6.45) is 1.74. The third-order valence-electron chi connectivity index (χ3n) is 2.35. The van der Waals surface area contributed by atoms with Crippen molar-refractivity contribution < 1.29 is 4.39 Å². The molecule has 1 aromatic heterocycles. The lowest BCUT2D eigenvalue weighted by Gasteiger charge is -2.12. The molecule has 0 unspecified atom stereocenters. The largest absolute Gasteiger partial charge is 0.310 e. The molecule has 0 saturated carbocycles. The molecule has 0 spiro atoms. The number of benzene rings is 1. The molecule has 96 valence electrons. The highest BCUT2D eigenvalue weighted by atomic mass is 32.2. The van der Waals surface area contributed by atoms with Crippen LogP contribution in [0.5, 0.6) is 0 Å². The van der Waals surface area contributed by atoms with E-state index in [2.05, 4.69) is 24.1 Å². The summed E-state index contributed by atoms with van der Waals surface area (Å²) >= 11 is 2.92. The molecule has 0 aliphatic heterocycles. The Morgan fingerprint density at radius 2 is 2.28 bits per heavy atom. The van der Waals surface area contributed by atoms with Crippen molar-refractivity contribution in [3.05, 3.63) is 41.2 Å². The number of hydrogen-bond acceptors (Lipinski definition) is 4. The van der Waals surface area contributed by atoms with E-state index in [1.807, 2.05) is 11.4 Å². The van der Waals surface area contributed by atoms with Gasteiger partial charge in [-0.15, -0.1) is 11.3 Å². The maximum atomic E-state index is 13.9. The van der Waals surface area contributed by atoms with Gasteiger partial charge >= 0.3 is 0 Å². The Bertz CT molecular complexity index is 498. The van der Waals surface area contributed by atoms with E-state index in [9.17, 15) is 4.39 Å². The van der Waals surface area contributed by atoms with Crippen molar-refractivity contribution in [3.8, 4) is 0 Å². The van der Waals surface area contributed by atoms with Gasteiger partial charge < -0.3 is 5.32 Å². The zero-order valence-electron chi connectivity index (χ0n) is 10.3. The first kappa shape index (κ1) is 13.5. The van der Waals surface area contributed by atoms with Gasteiger partial charge in [-0.3, -0.25) is 0 Å². The predicted octanol–water partition coefficient (Wildman–Crippen LogP) is 3.93. The van der Waals surface area contributed by atoms with Gasteiger partial charge in [-0.25, -0.2) is 9.37 Å². The number of nitrogens with one attached hydrogen (secondary N) is 1. The molecule has 1 aromatic carbocycles. The van der Waals surface area contributed by atoms with Gasteiger partial charge in [0.05, 0.1) is 4.90 Å². The first-order valence-electron chi connectivity index (χ1n) is 5.75. The zero-order valence-corrected chi connectivity index (χ0v) is 11.9. The van der Waals surface area contributed by atoms with Crippen LogP contribution < -0.4 is 5.32 Å². The van der Waals surface area contributed by atoms with Gasteiger partial charge in [0.15, 0.2) is 4.34 Å². The van der Waals surface area contributed by atoms with Crippen LogP contribution in [0.3, 0.4) is 0 Å². The fraction of sp³-hybridized carbons (Fsp3) is 0.308. The highest BCUT2D eigenvalue weighted by Crippen LogP contribution is 2.33. The van der Waals surface area contributed by atoms with Crippen LogP contribution in [-0.4, -0.2) is 11.0 Å². The van der Waals surface area contributed by atoms with E-state index in [-0.39, 0.29) is 5.82 Å². The van der Waals surface area contributed by atoms with E-state index in [0.29, 0.717) is 17.5 Å². The molecule has 2 rings (SSSR count). The van der Waals surface area contributed by atoms with Crippen molar-refractivity contribution in [1.82, 2.24) is 10.3 Å². The number of thiazole rings is 1. The standard InChI is InChI=1S/C13H15FN2S2/c1-9(2)16-8-10-4-3-5-11(14)12(10)18-13-15-6-7-17-13/h3-7,9,16H,8H2,1-2H3. The van der Waals surface area contributed by atoms with Crippen molar-refractivity contribution in [2.45, 2.75) is 35.7 Å². The SMILES string of the molecule is CC(C)NCc1cccc(F)c1Sc1nccs1. The van der Waals surface area contributed by atoms with Crippen LogP contribution in [0.2, 0.25) is 0 Å². The summed E-state index contributed by atoms with van der Waals surface area (Å²) in [6, 6.07) is 5.58. The quantitative estimate of drug-likeness (QED) is 0.899. The summed E-state index contributed by atoms with van der Waals surface area (Å²) in [4.78, 5) is 4.85. The lowest BCUT2D eigenvalue weighted by molar-refractivity contribution is 0.564. The molecule has 5 heteroatoms. The lowest BCUT2D eigenvalue weighted by atomic mass is 10.2. The van der Waals surface area contributed by atoms with Gasteiger partial charge in [0.2, 0.25) is 0 Å². The fourth-order valence-electron chi connectivity index (χ4n) is 1.47. The van der Waals surface area contributed by atoms with Crippen molar-refractivity contribution in [1.29, 1.82) is 0 Å². The Hall–Kier alpha value is -0.910. The maximum Gasteiger partial charge on any atom is 0.154 e. The molecule has 18 heavy (non-hydrogen) atoms. The molecule has 0 radical (unpaired) electrons. The molecule has 1 N–H and O–H groups in total. The summed E-state index contributed by atoms with van der Waals surface area (Å²) in [5.74, 6) is -0.182. The number of nitrogens with zero attached hydrogens (tertiary/aromatic N) is 1. The van der Waals surface area contributed by atoms with Gasteiger partial charge in [0.1, 0.15) is 5.82 Å². The van der Waals surface area contributed by atoms with Crippen LogP contribution in [0, 0.1) is 5.82 Å².